The van der Waals surface area contributed by atoms with Gasteiger partial charge in [-0.1, -0.05) is 0 Å². The molecule has 2 aromatic rings. The number of aliphatic hydroxyl groups excluding tert-OH is 2. The maximum atomic E-state index is 10.6. The van der Waals surface area contributed by atoms with E-state index in [4.69, 9.17) is 9.26 Å². The topological polar surface area (TPSA) is 183 Å². The molecule has 4 rings (SSSR count). The van der Waals surface area contributed by atoms with Gasteiger partial charge in [0.05, 0.1) is 0 Å². The fourth-order valence-electron chi connectivity index (χ4n) is 3.95. The van der Waals surface area contributed by atoms with Crippen LogP contribution >= 0.6 is 7.72 Å². The van der Waals surface area contributed by atoms with Crippen LogP contribution in [0, 0.1) is 0 Å². The molecule has 0 aromatic carbocycles. The number of hydrogen-bond acceptors (Lipinski definition) is 11. The molecule has 0 aliphatic carbocycles. The minimum absolute atomic E-state index is 0.0865. The van der Waals surface area contributed by atoms with Crippen LogP contribution in [0.2, 0.25) is 0 Å². The number of imidazole rings is 1. The first-order valence-electron chi connectivity index (χ1n) is 9.70. The van der Waals surface area contributed by atoms with Gasteiger partial charge in [0, 0.05) is 0 Å². The second-order valence-electron chi connectivity index (χ2n) is 8.32. The summed E-state index contributed by atoms with van der Waals surface area (Å²) in [7, 11) is -3.77. The molecule has 168 valence electrons. The van der Waals surface area contributed by atoms with Crippen molar-refractivity contribution in [3.8, 4) is 5.88 Å². The average Bonchev–Trinajstić information content (AvgIpc) is 3.08. The van der Waals surface area contributed by atoms with Crippen LogP contribution in [-0.4, -0.2) is 85.0 Å². The predicted octanol–water partition coefficient (Wildman–Crippen LogP) is -0.661. The number of fused-ring (bicyclic) bond motifs is 1. The van der Waals surface area contributed by atoms with Crippen molar-refractivity contribution in [2.75, 3.05) is 0 Å². The Morgan fingerprint density at radius 3 is 2.53 bits per heavy atom. The second kappa shape index (κ2) is 7.01. The van der Waals surface area contributed by atoms with Crippen molar-refractivity contribution in [2.24, 2.45) is 0 Å². The molecule has 2 saturated heterocycles. The van der Waals surface area contributed by atoms with Crippen LogP contribution < -0.4 is 0 Å². The van der Waals surface area contributed by atoms with Crippen molar-refractivity contribution in [3.63, 3.8) is 0 Å². The molecule has 2 unspecified atom stereocenters. The van der Waals surface area contributed by atoms with Crippen LogP contribution in [0.4, 0.5) is 0 Å². The van der Waals surface area contributed by atoms with E-state index in [2.05, 4.69) is 15.0 Å². The van der Waals surface area contributed by atoms with E-state index in [0.717, 1.165) is 6.33 Å². The molecule has 13 heteroatoms. The summed E-state index contributed by atoms with van der Waals surface area (Å²) in [5.41, 5.74) is -3.66. The van der Waals surface area contributed by atoms with Crippen molar-refractivity contribution in [3.05, 3.63) is 12.7 Å². The molecule has 6 N–H and O–H groups in total. The van der Waals surface area contributed by atoms with Gasteiger partial charge >= 0.3 is 172 Å². The van der Waals surface area contributed by atoms with E-state index in [0.29, 0.717) is 6.42 Å². The maximum absolute atomic E-state index is 10.6. The second-order valence-corrected chi connectivity index (χ2v) is 11.5. The first kappa shape index (κ1) is 21.7. The summed E-state index contributed by atoms with van der Waals surface area (Å²) < 4.78 is 13.1. The molecule has 12 nitrogen and oxygen atoms in total. The van der Waals surface area contributed by atoms with Crippen LogP contribution in [0.15, 0.2) is 12.7 Å². The summed E-state index contributed by atoms with van der Waals surface area (Å²) in [6.07, 6.45) is -1.55. The number of rotatable bonds is 6. The van der Waals surface area contributed by atoms with Gasteiger partial charge in [-0.2, -0.15) is 0 Å². The molecule has 6 atom stereocenters. The number of aromatic nitrogens is 4. The molecule has 0 amide bonds. The minimum atomic E-state index is -3.77. The number of nitrogens with zero attached hydrogens (tertiary/aromatic N) is 4. The summed E-state index contributed by atoms with van der Waals surface area (Å²) in [5, 5.41) is 50.8. The molecule has 2 fully saturated rings. The normalized spacial score (nSPS) is 35.3. The Morgan fingerprint density at radius 2 is 1.93 bits per heavy atom. The molecule has 0 spiro atoms. The summed E-state index contributed by atoms with van der Waals surface area (Å²) >= 11 is 0. The summed E-state index contributed by atoms with van der Waals surface area (Å²) in [6.45, 7) is 5.00. The molecule has 4 heterocycles. The van der Waals surface area contributed by atoms with Crippen molar-refractivity contribution in [1.29, 1.82) is 0 Å². The molecule has 0 saturated carbocycles. The standard InChI is InChI=1S/C17H27N4O8P/c1-4-16(3,29-30(27)8(2)17(30,25)26)5-9-11(22)12(23)15(28-9)21-7-20-10-13(21)18-6-19-14(10)24/h6-9,11-12,15,22-23,25-27,30H,4-5H2,1-3H3,(H,18,19,24)/t8?,9-,11-,12-,15?,16+/m1/s1. The van der Waals surface area contributed by atoms with E-state index < -0.39 is 49.0 Å². The summed E-state index contributed by atoms with van der Waals surface area (Å²) in [4.78, 5) is 22.3. The monoisotopic (exact) mass is 446 g/mol. The van der Waals surface area contributed by atoms with Gasteiger partial charge in [-0.3, -0.25) is 0 Å². The SMILES string of the molecule is CC[C@@](C)(C[C@H]1OC(n2cnc3c(O)ncnc32)[C@H](O)[C@@H]1O)O[PH]1(O)C(C)C1(O)O. The average molecular weight is 446 g/mol. The zero-order valence-electron chi connectivity index (χ0n) is 16.7. The number of aliphatic hydroxyl groups is 4. The van der Waals surface area contributed by atoms with Crippen molar-refractivity contribution in [2.45, 2.75) is 74.9 Å². The van der Waals surface area contributed by atoms with Gasteiger partial charge in [0.25, 0.3) is 0 Å². The Hall–Kier alpha value is -1.50. The van der Waals surface area contributed by atoms with Gasteiger partial charge in [-0.15, -0.1) is 0 Å². The van der Waals surface area contributed by atoms with Gasteiger partial charge in [0.2, 0.25) is 0 Å². The van der Waals surface area contributed by atoms with E-state index in [1.165, 1.54) is 17.8 Å². The zero-order chi connectivity index (χ0) is 22.1. The Labute approximate surface area is 172 Å². The zero-order valence-corrected chi connectivity index (χ0v) is 17.7. The van der Waals surface area contributed by atoms with E-state index in [1.54, 1.807) is 13.8 Å². The van der Waals surface area contributed by atoms with Gasteiger partial charge in [-0.05, 0) is 0 Å². The third kappa shape index (κ3) is 3.10. The van der Waals surface area contributed by atoms with Crippen LogP contribution in [0.25, 0.3) is 11.2 Å². The number of ether oxygens (including phenoxy) is 1. The summed E-state index contributed by atoms with van der Waals surface area (Å²) in [6, 6.07) is 0. The molecule has 2 aliphatic rings. The third-order valence-electron chi connectivity index (χ3n) is 6.37. The van der Waals surface area contributed by atoms with E-state index >= 15 is 0 Å². The van der Waals surface area contributed by atoms with Gasteiger partial charge in [0.15, 0.2) is 0 Å². The van der Waals surface area contributed by atoms with E-state index in [-0.39, 0.29) is 23.5 Å². The van der Waals surface area contributed by atoms with Crippen LogP contribution in [0.1, 0.15) is 39.8 Å². The molecule has 2 aliphatic heterocycles. The van der Waals surface area contributed by atoms with Gasteiger partial charge in [-0.25, -0.2) is 0 Å². The Balaban J connectivity index is 1.55. The van der Waals surface area contributed by atoms with Crippen LogP contribution in [0.5, 0.6) is 5.88 Å². The van der Waals surface area contributed by atoms with Crippen LogP contribution in [0.3, 0.4) is 0 Å². The third-order valence-corrected chi connectivity index (χ3v) is 9.93. The Morgan fingerprint density at radius 1 is 1.27 bits per heavy atom. The van der Waals surface area contributed by atoms with Gasteiger partial charge in [0.1, 0.15) is 0 Å². The quantitative estimate of drug-likeness (QED) is 0.245. The first-order chi connectivity index (χ1) is 13.9. The number of aromatic hydroxyl groups is 1. The Bertz CT molecular complexity index is 959. The van der Waals surface area contributed by atoms with Crippen LogP contribution in [-0.2, 0) is 9.26 Å². The number of hydrogen-bond donors (Lipinski definition) is 6. The molecule has 0 radical (unpaired) electrons. The molecular weight excluding hydrogens is 419 g/mol. The first-order valence-corrected chi connectivity index (χ1v) is 11.6. The van der Waals surface area contributed by atoms with Crippen molar-refractivity contribution < 1.29 is 39.7 Å². The molecule has 0 bridgehead atoms. The Kier molecular flexibility index (Phi) is 5.07. The fourth-order valence-corrected chi connectivity index (χ4v) is 6.77. The fraction of sp³-hybridized carbons (Fsp3) is 0.706. The van der Waals surface area contributed by atoms with E-state index in [9.17, 15) is 30.4 Å². The molecule has 2 aromatic heterocycles. The van der Waals surface area contributed by atoms with Gasteiger partial charge < -0.3 is 0 Å². The molecular formula is C17H27N4O8P. The van der Waals surface area contributed by atoms with Crippen molar-refractivity contribution >= 4 is 18.9 Å². The predicted molar refractivity (Wildman–Crippen MR) is 104 cm³/mol. The van der Waals surface area contributed by atoms with E-state index in [1.807, 2.05) is 0 Å². The summed E-state index contributed by atoms with van der Waals surface area (Å²) in [5.74, 6) is -0.316. The molecule has 30 heavy (non-hydrogen) atoms. The van der Waals surface area contributed by atoms with Crippen molar-refractivity contribution in [1.82, 2.24) is 19.5 Å².